The van der Waals surface area contributed by atoms with Gasteiger partial charge in [0.15, 0.2) is 0 Å². The van der Waals surface area contributed by atoms with Gasteiger partial charge in [0.2, 0.25) is 0 Å². The van der Waals surface area contributed by atoms with Gasteiger partial charge in [-0.3, -0.25) is 4.79 Å². The van der Waals surface area contributed by atoms with Crippen molar-refractivity contribution < 1.29 is 15.0 Å². The van der Waals surface area contributed by atoms with Crippen LogP contribution in [0.5, 0.6) is 5.75 Å². The summed E-state index contributed by atoms with van der Waals surface area (Å²) < 4.78 is 0.716. The maximum Gasteiger partial charge on any atom is 0.255 e. The van der Waals surface area contributed by atoms with Gasteiger partial charge < -0.3 is 15.5 Å². The Bertz CT molecular complexity index is 395. The molecule has 0 aliphatic carbocycles. The van der Waals surface area contributed by atoms with E-state index in [1.54, 1.807) is 12.1 Å². The lowest BCUT2D eigenvalue weighted by atomic mass is 10.1. The Hall–Kier alpha value is -1.07. The van der Waals surface area contributed by atoms with E-state index in [-0.39, 0.29) is 17.2 Å². The number of aliphatic hydroxyl groups excluding tert-OH is 1. The van der Waals surface area contributed by atoms with Crippen LogP contribution in [0.2, 0.25) is 0 Å². The molecule has 94 valence electrons. The Kier molecular flexibility index (Phi) is 5.44. The van der Waals surface area contributed by atoms with E-state index in [9.17, 15) is 15.0 Å². The number of hydrogen-bond donors (Lipinski definition) is 3. The van der Waals surface area contributed by atoms with Gasteiger partial charge in [-0.1, -0.05) is 22.9 Å². The van der Waals surface area contributed by atoms with Crippen LogP contribution in [0.3, 0.4) is 0 Å². The van der Waals surface area contributed by atoms with E-state index in [1.807, 2.05) is 6.92 Å². The van der Waals surface area contributed by atoms with Gasteiger partial charge in [0.25, 0.3) is 5.91 Å². The summed E-state index contributed by atoms with van der Waals surface area (Å²) in [6.07, 6.45) is 0.785. The number of hydrogen-bond acceptors (Lipinski definition) is 3. The van der Waals surface area contributed by atoms with E-state index in [2.05, 4.69) is 21.2 Å². The summed E-state index contributed by atoms with van der Waals surface area (Å²) in [7, 11) is 0. The minimum absolute atomic E-state index is 0.0621. The van der Waals surface area contributed by atoms with Crippen LogP contribution < -0.4 is 5.32 Å². The molecular weight excluding hydrogens is 286 g/mol. The first kappa shape index (κ1) is 14.0. The minimum atomic E-state index is -0.395. The number of phenolic OH excluding ortho intramolecular Hbond substituents is 1. The topological polar surface area (TPSA) is 69.6 Å². The second kappa shape index (κ2) is 6.61. The first-order chi connectivity index (χ1) is 8.04. The molecule has 1 aromatic carbocycles. The number of carbonyl (C=O) groups is 1. The Balaban J connectivity index is 2.52. The third kappa shape index (κ3) is 4.36. The Morgan fingerprint density at radius 2 is 2.24 bits per heavy atom. The molecule has 0 fully saturated rings. The smallest absolute Gasteiger partial charge is 0.255 e. The van der Waals surface area contributed by atoms with Crippen LogP contribution in [0.25, 0.3) is 0 Å². The molecule has 17 heavy (non-hydrogen) atoms. The molecule has 1 unspecified atom stereocenters. The van der Waals surface area contributed by atoms with E-state index < -0.39 is 6.10 Å². The number of amides is 1. The summed E-state index contributed by atoms with van der Waals surface area (Å²) in [5.41, 5.74) is 0.235. The van der Waals surface area contributed by atoms with E-state index in [1.165, 1.54) is 6.07 Å². The molecule has 0 spiro atoms. The van der Waals surface area contributed by atoms with Crippen molar-refractivity contribution in [2.45, 2.75) is 25.9 Å². The summed E-state index contributed by atoms with van der Waals surface area (Å²) in [5, 5.41) is 21.6. The monoisotopic (exact) mass is 301 g/mol. The van der Waals surface area contributed by atoms with E-state index in [0.717, 1.165) is 0 Å². The molecule has 1 rings (SSSR count). The van der Waals surface area contributed by atoms with Crippen molar-refractivity contribution in [2.75, 3.05) is 6.54 Å². The third-order valence-corrected chi connectivity index (χ3v) is 2.93. The highest BCUT2D eigenvalue weighted by atomic mass is 79.9. The lowest BCUT2D eigenvalue weighted by molar-refractivity contribution is 0.0939. The van der Waals surface area contributed by atoms with Crippen molar-refractivity contribution in [1.29, 1.82) is 0 Å². The maximum atomic E-state index is 11.7. The predicted molar refractivity (Wildman–Crippen MR) is 69.1 cm³/mol. The number of phenols is 1. The predicted octanol–water partition coefficient (Wildman–Crippen LogP) is 2.05. The molecular formula is C12H16BrNO3. The average molecular weight is 302 g/mol. The highest BCUT2D eigenvalue weighted by Gasteiger charge is 2.11. The van der Waals surface area contributed by atoms with Gasteiger partial charge in [0.1, 0.15) is 5.75 Å². The molecule has 1 amide bonds. The molecule has 0 bridgehead atoms. The summed E-state index contributed by atoms with van der Waals surface area (Å²) >= 11 is 3.20. The van der Waals surface area contributed by atoms with Gasteiger partial charge in [-0.15, -0.1) is 0 Å². The summed E-state index contributed by atoms with van der Waals surface area (Å²) in [6, 6.07) is 4.70. The molecule has 0 heterocycles. The molecule has 3 N–H and O–H groups in total. The molecule has 0 aromatic heterocycles. The number of aromatic hydroxyl groups is 1. The average Bonchev–Trinajstić information content (AvgIpc) is 2.28. The first-order valence-electron chi connectivity index (χ1n) is 5.49. The number of aliphatic hydroxyl groups is 1. The number of benzene rings is 1. The van der Waals surface area contributed by atoms with Gasteiger partial charge in [0, 0.05) is 11.0 Å². The second-order valence-electron chi connectivity index (χ2n) is 3.77. The molecule has 0 saturated heterocycles. The minimum Gasteiger partial charge on any atom is -0.507 e. The Labute approximate surface area is 109 Å². The summed E-state index contributed by atoms with van der Waals surface area (Å²) in [6.45, 7) is 2.27. The van der Waals surface area contributed by atoms with Crippen molar-refractivity contribution in [3.63, 3.8) is 0 Å². The van der Waals surface area contributed by atoms with Crippen molar-refractivity contribution in [3.8, 4) is 5.75 Å². The fraction of sp³-hybridized carbons (Fsp3) is 0.417. The van der Waals surface area contributed by atoms with Crippen LogP contribution in [-0.4, -0.2) is 28.8 Å². The summed E-state index contributed by atoms with van der Waals surface area (Å²) in [4.78, 5) is 11.7. The normalized spacial score (nSPS) is 12.2. The van der Waals surface area contributed by atoms with Crippen LogP contribution in [0.4, 0.5) is 0 Å². The number of rotatable bonds is 5. The molecule has 0 aliphatic heterocycles. The molecule has 5 heteroatoms. The largest absolute Gasteiger partial charge is 0.507 e. The molecule has 0 radical (unpaired) electrons. The molecule has 0 saturated carbocycles. The molecule has 4 nitrogen and oxygen atoms in total. The number of nitrogens with one attached hydrogen (secondary N) is 1. The zero-order chi connectivity index (χ0) is 12.8. The SMILES string of the molecule is CCC(O)CCNC(=O)c1ccc(Br)cc1O. The highest BCUT2D eigenvalue weighted by Crippen LogP contribution is 2.21. The van der Waals surface area contributed by atoms with Crippen molar-refractivity contribution in [3.05, 3.63) is 28.2 Å². The maximum absolute atomic E-state index is 11.7. The quantitative estimate of drug-likeness (QED) is 0.779. The molecule has 1 atom stereocenters. The van der Waals surface area contributed by atoms with Crippen LogP contribution >= 0.6 is 15.9 Å². The van der Waals surface area contributed by atoms with Gasteiger partial charge in [-0.2, -0.15) is 0 Å². The van der Waals surface area contributed by atoms with Gasteiger partial charge >= 0.3 is 0 Å². The molecule has 1 aromatic rings. The van der Waals surface area contributed by atoms with Crippen LogP contribution in [0, 0.1) is 0 Å². The van der Waals surface area contributed by atoms with Crippen LogP contribution in [0.1, 0.15) is 30.1 Å². The standard InChI is InChI=1S/C12H16BrNO3/c1-2-9(15)5-6-14-12(17)10-4-3-8(13)7-11(10)16/h3-4,7,9,15-16H,2,5-6H2,1H3,(H,14,17). The van der Waals surface area contributed by atoms with Crippen molar-refractivity contribution >= 4 is 21.8 Å². The van der Waals surface area contributed by atoms with Crippen molar-refractivity contribution in [1.82, 2.24) is 5.32 Å². The Morgan fingerprint density at radius 3 is 2.82 bits per heavy atom. The number of halogens is 1. The lowest BCUT2D eigenvalue weighted by Crippen LogP contribution is -2.27. The summed E-state index contributed by atoms with van der Waals surface area (Å²) in [5.74, 6) is -0.397. The third-order valence-electron chi connectivity index (χ3n) is 2.44. The van der Waals surface area contributed by atoms with Crippen LogP contribution in [-0.2, 0) is 0 Å². The lowest BCUT2D eigenvalue weighted by Gasteiger charge is -2.09. The van der Waals surface area contributed by atoms with Crippen LogP contribution in [0.15, 0.2) is 22.7 Å². The first-order valence-corrected chi connectivity index (χ1v) is 6.28. The second-order valence-corrected chi connectivity index (χ2v) is 4.68. The molecule has 0 aliphatic rings. The van der Waals surface area contributed by atoms with Crippen molar-refractivity contribution in [2.24, 2.45) is 0 Å². The fourth-order valence-corrected chi connectivity index (χ4v) is 1.70. The Morgan fingerprint density at radius 1 is 1.53 bits per heavy atom. The van der Waals surface area contributed by atoms with E-state index in [4.69, 9.17) is 0 Å². The van der Waals surface area contributed by atoms with Gasteiger partial charge in [-0.25, -0.2) is 0 Å². The van der Waals surface area contributed by atoms with E-state index in [0.29, 0.717) is 23.9 Å². The zero-order valence-electron chi connectivity index (χ0n) is 9.61. The van der Waals surface area contributed by atoms with Gasteiger partial charge in [-0.05, 0) is 31.0 Å². The zero-order valence-corrected chi connectivity index (χ0v) is 11.2. The highest BCUT2D eigenvalue weighted by molar-refractivity contribution is 9.10. The fourth-order valence-electron chi connectivity index (χ4n) is 1.35. The van der Waals surface area contributed by atoms with Gasteiger partial charge in [0.05, 0.1) is 11.7 Å². The van der Waals surface area contributed by atoms with E-state index >= 15 is 0 Å². The number of carbonyl (C=O) groups excluding carboxylic acids is 1.